The van der Waals surface area contributed by atoms with E-state index in [0.717, 1.165) is 12.1 Å². The van der Waals surface area contributed by atoms with Crippen molar-refractivity contribution in [1.82, 2.24) is 0 Å². The Morgan fingerprint density at radius 2 is 1.95 bits per heavy atom. The van der Waals surface area contributed by atoms with Gasteiger partial charge in [-0.05, 0) is 17.5 Å². The highest BCUT2D eigenvalue weighted by Crippen LogP contribution is 2.33. The summed E-state index contributed by atoms with van der Waals surface area (Å²) in [6, 6.07) is 4.83. The molecule has 1 aromatic rings. The van der Waals surface area contributed by atoms with Crippen molar-refractivity contribution in [2.45, 2.75) is 26.4 Å². The lowest BCUT2D eigenvalue weighted by Crippen LogP contribution is -2.08. The van der Waals surface area contributed by atoms with Gasteiger partial charge in [-0.2, -0.15) is 13.2 Å². The normalized spacial score (nSPS) is 12.8. The number of nitrogens with zero attached hydrogens (tertiary/aromatic N) is 1. The molecule has 19 heavy (non-hydrogen) atoms. The first-order chi connectivity index (χ1) is 8.71. The topological polar surface area (TPSA) is 43.1 Å². The highest BCUT2D eigenvalue weighted by Gasteiger charge is 2.33. The first-order valence-corrected chi connectivity index (χ1v) is 5.73. The molecule has 1 aromatic carbocycles. The summed E-state index contributed by atoms with van der Waals surface area (Å²) >= 11 is 0. The average Bonchev–Trinajstić information content (AvgIpc) is 2.26. The zero-order valence-corrected chi connectivity index (χ0v) is 10.6. The molecule has 0 aliphatic carbocycles. The molecule has 0 saturated carbocycles. The standard InChI is InChI=1S/C13H14F3NO2/c1-9(2)7-11(17(18)19)8-10-5-3-4-6-12(10)13(14,15)16/h3-6,8-9H,7H2,1-2H3. The summed E-state index contributed by atoms with van der Waals surface area (Å²) in [6.07, 6.45) is -3.39. The molecule has 0 spiro atoms. The highest BCUT2D eigenvalue weighted by atomic mass is 19.4. The van der Waals surface area contributed by atoms with Crippen LogP contribution in [0.3, 0.4) is 0 Å². The van der Waals surface area contributed by atoms with Gasteiger partial charge >= 0.3 is 6.18 Å². The van der Waals surface area contributed by atoms with Crippen LogP contribution in [0.5, 0.6) is 0 Å². The van der Waals surface area contributed by atoms with Gasteiger partial charge in [-0.3, -0.25) is 10.1 Å². The van der Waals surface area contributed by atoms with Gasteiger partial charge < -0.3 is 0 Å². The number of nitro groups is 1. The Morgan fingerprint density at radius 1 is 1.37 bits per heavy atom. The summed E-state index contributed by atoms with van der Waals surface area (Å²) in [6.45, 7) is 3.54. The second kappa shape index (κ2) is 5.86. The van der Waals surface area contributed by atoms with E-state index in [9.17, 15) is 23.3 Å². The van der Waals surface area contributed by atoms with Gasteiger partial charge in [-0.25, -0.2) is 0 Å². The molecule has 0 aromatic heterocycles. The number of allylic oxidation sites excluding steroid dienone is 1. The number of alkyl halides is 3. The Hall–Kier alpha value is -1.85. The largest absolute Gasteiger partial charge is 0.416 e. The molecule has 0 unspecified atom stereocenters. The van der Waals surface area contributed by atoms with E-state index >= 15 is 0 Å². The maximum Gasteiger partial charge on any atom is 0.416 e. The SMILES string of the molecule is CC(C)CC(=Cc1ccccc1C(F)(F)F)[N+](=O)[O-]. The van der Waals surface area contributed by atoms with Gasteiger partial charge in [0.25, 0.3) is 0 Å². The summed E-state index contributed by atoms with van der Waals surface area (Å²) in [5.74, 6) is -0.00491. The summed E-state index contributed by atoms with van der Waals surface area (Å²) < 4.78 is 38.3. The molecule has 104 valence electrons. The first-order valence-electron chi connectivity index (χ1n) is 5.73. The fourth-order valence-corrected chi connectivity index (χ4v) is 1.66. The molecule has 0 amide bonds. The van der Waals surface area contributed by atoms with E-state index in [0.29, 0.717) is 0 Å². The van der Waals surface area contributed by atoms with Crippen LogP contribution in [0, 0.1) is 16.0 Å². The fraction of sp³-hybridized carbons (Fsp3) is 0.385. The van der Waals surface area contributed by atoms with Gasteiger partial charge in [-0.15, -0.1) is 0 Å². The summed E-state index contributed by atoms with van der Waals surface area (Å²) in [7, 11) is 0. The van der Waals surface area contributed by atoms with Crippen molar-refractivity contribution in [1.29, 1.82) is 0 Å². The fourth-order valence-electron chi connectivity index (χ4n) is 1.66. The molecule has 0 radical (unpaired) electrons. The molecule has 6 heteroatoms. The number of halogens is 3. The third-order valence-corrected chi connectivity index (χ3v) is 2.44. The minimum Gasteiger partial charge on any atom is -0.259 e. The number of rotatable bonds is 4. The van der Waals surface area contributed by atoms with Gasteiger partial charge in [0, 0.05) is 12.5 Å². The lowest BCUT2D eigenvalue weighted by molar-refractivity contribution is -0.427. The summed E-state index contributed by atoms with van der Waals surface area (Å²) in [5.41, 5.74) is -1.26. The number of hydrogen-bond acceptors (Lipinski definition) is 2. The molecule has 1 rings (SSSR count). The molecule has 0 aliphatic rings. The Bertz CT molecular complexity index is 493. The maximum atomic E-state index is 12.8. The molecule has 0 atom stereocenters. The van der Waals surface area contributed by atoms with Crippen LogP contribution in [-0.2, 0) is 6.18 Å². The Balaban J connectivity index is 3.25. The number of hydrogen-bond donors (Lipinski definition) is 0. The van der Waals surface area contributed by atoms with Crippen LogP contribution in [0.25, 0.3) is 6.08 Å². The molecular formula is C13H14F3NO2. The van der Waals surface area contributed by atoms with Gasteiger partial charge in [-0.1, -0.05) is 32.0 Å². The van der Waals surface area contributed by atoms with E-state index < -0.39 is 16.7 Å². The van der Waals surface area contributed by atoms with Gasteiger partial charge in [0.05, 0.1) is 10.5 Å². The molecular weight excluding hydrogens is 259 g/mol. The molecule has 0 N–H and O–H groups in total. The van der Waals surface area contributed by atoms with Crippen LogP contribution < -0.4 is 0 Å². The van der Waals surface area contributed by atoms with E-state index in [4.69, 9.17) is 0 Å². The molecule has 0 aliphatic heterocycles. The van der Waals surface area contributed by atoms with Crippen LogP contribution in [0.1, 0.15) is 31.4 Å². The Kier molecular flexibility index (Phi) is 4.69. The minimum absolute atomic E-state index is 0.00491. The Labute approximate surface area is 108 Å². The van der Waals surface area contributed by atoms with E-state index in [2.05, 4.69) is 0 Å². The van der Waals surface area contributed by atoms with Crippen molar-refractivity contribution >= 4 is 6.08 Å². The average molecular weight is 273 g/mol. The quantitative estimate of drug-likeness (QED) is 0.604. The zero-order chi connectivity index (χ0) is 14.6. The third-order valence-electron chi connectivity index (χ3n) is 2.44. The first kappa shape index (κ1) is 15.2. The highest BCUT2D eigenvalue weighted by molar-refractivity contribution is 5.56. The summed E-state index contributed by atoms with van der Waals surface area (Å²) in [5, 5.41) is 10.9. The van der Waals surface area contributed by atoms with Crippen molar-refractivity contribution in [3.63, 3.8) is 0 Å². The maximum absolute atomic E-state index is 12.8. The summed E-state index contributed by atoms with van der Waals surface area (Å²) in [4.78, 5) is 10.2. The van der Waals surface area contributed by atoms with Gasteiger partial charge in [0.2, 0.25) is 5.70 Å². The van der Waals surface area contributed by atoms with Crippen LogP contribution in [0.4, 0.5) is 13.2 Å². The van der Waals surface area contributed by atoms with E-state index in [1.165, 1.54) is 18.2 Å². The van der Waals surface area contributed by atoms with Crippen molar-refractivity contribution < 1.29 is 18.1 Å². The monoisotopic (exact) mass is 273 g/mol. The van der Waals surface area contributed by atoms with E-state index in [-0.39, 0.29) is 23.6 Å². The van der Waals surface area contributed by atoms with Crippen LogP contribution in [0.15, 0.2) is 30.0 Å². The van der Waals surface area contributed by atoms with E-state index in [1.54, 1.807) is 13.8 Å². The van der Waals surface area contributed by atoms with Crippen LogP contribution in [-0.4, -0.2) is 4.92 Å². The molecule has 0 fully saturated rings. The van der Waals surface area contributed by atoms with Crippen molar-refractivity contribution in [3.8, 4) is 0 Å². The van der Waals surface area contributed by atoms with Crippen molar-refractivity contribution in [3.05, 3.63) is 51.2 Å². The minimum atomic E-state index is -4.52. The van der Waals surface area contributed by atoms with Crippen molar-refractivity contribution in [2.75, 3.05) is 0 Å². The van der Waals surface area contributed by atoms with Crippen LogP contribution >= 0.6 is 0 Å². The van der Waals surface area contributed by atoms with Crippen LogP contribution in [0.2, 0.25) is 0 Å². The number of benzene rings is 1. The molecule has 3 nitrogen and oxygen atoms in total. The molecule has 0 saturated heterocycles. The van der Waals surface area contributed by atoms with Gasteiger partial charge in [0.15, 0.2) is 0 Å². The second-order valence-corrected chi connectivity index (χ2v) is 4.58. The predicted molar refractivity (Wildman–Crippen MR) is 65.9 cm³/mol. The lowest BCUT2D eigenvalue weighted by atomic mass is 10.0. The lowest BCUT2D eigenvalue weighted by Gasteiger charge is -2.10. The zero-order valence-electron chi connectivity index (χ0n) is 10.6. The van der Waals surface area contributed by atoms with E-state index in [1.807, 2.05) is 0 Å². The van der Waals surface area contributed by atoms with Crippen molar-refractivity contribution in [2.24, 2.45) is 5.92 Å². The smallest absolute Gasteiger partial charge is 0.259 e. The molecule has 0 heterocycles. The Morgan fingerprint density at radius 3 is 2.42 bits per heavy atom. The predicted octanol–water partition coefficient (Wildman–Crippen LogP) is 4.37. The second-order valence-electron chi connectivity index (χ2n) is 4.58. The molecule has 0 bridgehead atoms. The van der Waals surface area contributed by atoms with Gasteiger partial charge in [0.1, 0.15) is 0 Å². The third kappa shape index (κ3) is 4.39.